The first kappa shape index (κ1) is 18.5. The Morgan fingerprint density at radius 1 is 0.929 bits per heavy atom. The summed E-state index contributed by atoms with van der Waals surface area (Å²) in [6.07, 6.45) is 4.87. The topological polar surface area (TPSA) is 69.0 Å². The molecule has 4 rings (SSSR count). The van der Waals surface area contributed by atoms with Gasteiger partial charge in [0.25, 0.3) is 0 Å². The lowest BCUT2D eigenvalue weighted by molar-refractivity contribution is -0.126. The second-order valence-corrected chi connectivity index (χ2v) is 7.20. The van der Waals surface area contributed by atoms with Gasteiger partial charge in [-0.3, -0.25) is 4.79 Å². The molecule has 2 aromatic heterocycles. The van der Waals surface area contributed by atoms with Crippen molar-refractivity contribution in [1.29, 1.82) is 0 Å². The number of piperazine rings is 2. The molecule has 1 amide bonds. The van der Waals surface area contributed by atoms with E-state index in [4.69, 9.17) is 4.42 Å². The minimum atomic E-state index is 0.00699. The molecule has 0 radical (unpaired) electrons. The lowest BCUT2D eigenvalue weighted by Gasteiger charge is -2.35. The van der Waals surface area contributed by atoms with Gasteiger partial charge in [0.05, 0.1) is 6.26 Å². The van der Waals surface area contributed by atoms with Crippen LogP contribution in [0, 0.1) is 0 Å². The number of hydrogen-bond donors (Lipinski definition) is 0. The number of carbonyl (C=O) groups is 1. The summed E-state index contributed by atoms with van der Waals surface area (Å²) in [5.74, 6) is 2.50. The van der Waals surface area contributed by atoms with Gasteiger partial charge in [-0.05, 0) is 37.4 Å². The molecule has 2 aromatic rings. The standard InChI is InChI=1S/C20H26N6O2/c1-23-8-10-24(11-9-23)18-5-6-19(22-21-18)25-12-14-26(15-13-25)20(27)7-4-17-3-2-16-28-17/h2-7,16H,8-15H2,1H3/b7-4+. The number of rotatable bonds is 4. The van der Waals surface area contributed by atoms with E-state index < -0.39 is 0 Å². The van der Waals surface area contributed by atoms with Crippen LogP contribution in [0.4, 0.5) is 11.6 Å². The number of aromatic nitrogens is 2. The fraction of sp³-hybridized carbons (Fsp3) is 0.450. The zero-order valence-corrected chi connectivity index (χ0v) is 16.2. The number of likely N-dealkylation sites (N-methyl/N-ethyl adjacent to an activating group) is 1. The van der Waals surface area contributed by atoms with Crippen molar-refractivity contribution in [3.05, 3.63) is 42.4 Å². The molecule has 0 spiro atoms. The maximum Gasteiger partial charge on any atom is 0.246 e. The van der Waals surface area contributed by atoms with Crippen LogP contribution >= 0.6 is 0 Å². The number of amides is 1. The maximum atomic E-state index is 12.3. The van der Waals surface area contributed by atoms with Crippen LogP contribution in [-0.2, 0) is 4.79 Å². The summed E-state index contributed by atoms with van der Waals surface area (Å²) < 4.78 is 5.22. The average Bonchev–Trinajstić information content (AvgIpc) is 3.27. The van der Waals surface area contributed by atoms with E-state index >= 15 is 0 Å². The Hall–Kier alpha value is -2.87. The average molecular weight is 382 g/mol. The third-order valence-electron chi connectivity index (χ3n) is 5.31. The molecule has 0 atom stereocenters. The van der Waals surface area contributed by atoms with Crippen LogP contribution in [0.15, 0.2) is 41.0 Å². The Morgan fingerprint density at radius 2 is 1.54 bits per heavy atom. The highest BCUT2D eigenvalue weighted by molar-refractivity contribution is 5.91. The number of anilines is 2. The molecule has 8 heteroatoms. The summed E-state index contributed by atoms with van der Waals surface area (Å²) in [7, 11) is 2.14. The molecular formula is C20H26N6O2. The molecule has 8 nitrogen and oxygen atoms in total. The molecule has 2 fully saturated rings. The van der Waals surface area contributed by atoms with E-state index in [1.165, 1.54) is 0 Å². The van der Waals surface area contributed by atoms with E-state index in [0.29, 0.717) is 18.8 Å². The number of nitrogens with zero attached hydrogens (tertiary/aromatic N) is 6. The van der Waals surface area contributed by atoms with Gasteiger partial charge in [-0.2, -0.15) is 0 Å². The van der Waals surface area contributed by atoms with Gasteiger partial charge in [0.1, 0.15) is 5.76 Å². The quantitative estimate of drug-likeness (QED) is 0.736. The first-order valence-corrected chi connectivity index (χ1v) is 9.72. The second kappa shape index (κ2) is 8.43. The van der Waals surface area contributed by atoms with Gasteiger partial charge in [-0.15, -0.1) is 10.2 Å². The summed E-state index contributed by atoms with van der Waals surface area (Å²) in [5, 5.41) is 8.86. The third kappa shape index (κ3) is 4.33. The predicted molar refractivity (Wildman–Crippen MR) is 108 cm³/mol. The zero-order chi connectivity index (χ0) is 19.3. The van der Waals surface area contributed by atoms with E-state index in [1.807, 2.05) is 17.0 Å². The van der Waals surface area contributed by atoms with E-state index in [-0.39, 0.29) is 5.91 Å². The van der Waals surface area contributed by atoms with Crippen LogP contribution in [0.1, 0.15) is 5.76 Å². The summed E-state index contributed by atoms with van der Waals surface area (Å²) in [4.78, 5) is 21.0. The zero-order valence-electron chi connectivity index (χ0n) is 16.2. The van der Waals surface area contributed by atoms with Crippen molar-refractivity contribution >= 4 is 23.6 Å². The molecule has 4 heterocycles. The Balaban J connectivity index is 1.29. The van der Waals surface area contributed by atoms with Gasteiger partial charge in [0, 0.05) is 58.4 Å². The highest BCUT2D eigenvalue weighted by atomic mass is 16.3. The molecule has 148 valence electrons. The normalized spacial score (nSPS) is 18.8. The molecule has 2 saturated heterocycles. The van der Waals surface area contributed by atoms with Crippen LogP contribution in [0.25, 0.3) is 6.08 Å². The first-order valence-electron chi connectivity index (χ1n) is 9.72. The fourth-order valence-corrected chi connectivity index (χ4v) is 3.49. The first-order chi connectivity index (χ1) is 13.7. The van der Waals surface area contributed by atoms with E-state index in [9.17, 15) is 4.79 Å². The van der Waals surface area contributed by atoms with Crippen LogP contribution in [-0.4, -0.2) is 85.3 Å². The summed E-state index contributed by atoms with van der Waals surface area (Å²) >= 11 is 0. The van der Waals surface area contributed by atoms with Crippen molar-refractivity contribution in [3.8, 4) is 0 Å². The molecule has 2 aliphatic rings. The van der Waals surface area contributed by atoms with Gasteiger partial charge < -0.3 is 24.0 Å². The SMILES string of the molecule is CN1CCN(c2ccc(N3CCN(C(=O)/C=C/c4ccco4)CC3)nn2)CC1. The lowest BCUT2D eigenvalue weighted by atomic mass is 10.3. The Morgan fingerprint density at radius 3 is 2.07 bits per heavy atom. The molecule has 2 aliphatic heterocycles. The monoisotopic (exact) mass is 382 g/mol. The van der Waals surface area contributed by atoms with E-state index in [2.05, 4.69) is 38.0 Å². The summed E-state index contributed by atoms with van der Waals surface area (Å²) in [6.45, 7) is 6.91. The predicted octanol–water partition coefficient (Wildman–Crippen LogP) is 1.18. The van der Waals surface area contributed by atoms with Crippen molar-refractivity contribution in [1.82, 2.24) is 20.0 Å². The molecule has 0 N–H and O–H groups in total. The van der Waals surface area contributed by atoms with Gasteiger partial charge in [0.2, 0.25) is 5.91 Å². The van der Waals surface area contributed by atoms with Crippen LogP contribution < -0.4 is 9.80 Å². The summed E-state index contributed by atoms with van der Waals surface area (Å²) in [5.41, 5.74) is 0. The van der Waals surface area contributed by atoms with Gasteiger partial charge in [-0.25, -0.2) is 0 Å². The van der Waals surface area contributed by atoms with Gasteiger partial charge in [0.15, 0.2) is 11.6 Å². The van der Waals surface area contributed by atoms with Crippen molar-refractivity contribution < 1.29 is 9.21 Å². The molecular weight excluding hydrogens is 356 g/mol. The van der Waals surface area contributed by atoms with Gasteiger partial charge in [-0.1, -0.05) is 0 Å². The molecule has 0 unspecified atom stereocenters. The van der Waals surface area contributed by atoms with E-state index in [1.54, 1.807) is 24.5 Å². The van der Waals surface area contributed by atoms with Crippen molar-refractivity contribution in [2.45, 2.75) is 0 Å². The minimum Gasteiger partial charge on any atom is -0.465 e. The van der Waals surface area contributed by atoms with Crippen LogP contribution in [0.5, 0.6) is 0 Å². The number of furan rings is 1. The molecule has 0 saturated carbocycles. The maximum absolute atomic E-state index is 12.3. The highest BCUT2D eigenvalue weighted by Gasteiger charge is 2.21. The Labute approximate surface area is 165 Å². The molecule has 28 heavy (non-hydrogen) atoms. The Bertz CT molecular complexity index is 789. The fourth-order valence-electron chi connectivity index (χ4n) is 3.49. The van der Waals surface area contributed by atoms with Crippen molar-refractivity contribution in [3.63, 3.8) is 0 Å². The smallest absolute Gasteiger partial charge is 0.246 e. The molecule has 0 bridgehead atoms. The van der Waals surface area contributed by atoms with Gasteiger partial charge >= 0.3 is 0 Å². The highest BCUT2D eigenvalue weighted by Crippen LogP contribution is 2.18. The number of carbonyl (C=O) groups excluding carboxylic acids is 1. The molecule has 0 aromatic carbocycles. The Kier molecular flexibility index (Phi) is 5.57. The third-order valence-corrected chi connectivity index (χ3v) is 5.31. The largest absolute Gasteiger partial charge is 0.465 e. The van der Waals surface area contributed by atoms with E-state index in [0.717, 1.165) is 50.9 Å². The minimum absolute atomic E-state index is 0.00699. The second-order valence-electron chi connectivity index (χ2n) is 7.20. The molecule has 0 aliphatic carbocycles. The lowest BCUT2D eigenvalue weighted by Crippen LogP contribution is -2.48. The van der Waals surface area contributed by atoms with Crippen LogP contribution in [0.3, 0.4) is 0 Å². The summed E-state index contributed by atoms with van der Waals surface area (Å²) in [6, 6.07) is 7.72. The van der Waals surface area contributed by atoms with Crippen molar-refractivity contribution in [2.75, 3.05) is 69.2 Å². The van der Waals surface area contributed by atoms with Crippen LogP contribution in [0.2, 0.25) is 0 Å². The number of hydrogen-bond acceptors (Lipinski definition) is 7. The van der Waals surface area contributed by atoms with Crippen molar-refractivity contribution in [2.24, 2.45) is 0 Å².